The zero-order valence-electron chi connectivity index (χ0n) is 12.0. The van der Waals surface area contributed by atoms with Gasteiger partial charge in [0.15, 0.2) is 0 Å². The van der Waals surface area contributed by atoms with Crippen LogP contribution in [0, 0.1) is 0 Å². The fourth-order valence-corrected chi connectivity index (χ4v) is 3.67. The van der Waals surface area contributed by atoms with Gasteiger partial charge in [-0.05, 0) is 11.6 Å². The van der Waals surface area contributed by atoms with Gasteiger partial charge < -0.3 is 15.4 Å². The molecule has 1 aromatic heterocycles. The molecule has 2 aliphatic rings. The van der Waals surface area contributed by atoms with Crippen LogP contribution in [-0.2, 0) is 17.8 Å². The lowest BCUT2D eigenvalue weighted by Gasteiger charge is -2.26. The Morgan fingerprint density at radius 1 is 1.43 bits per heavy atom. The number of thiophene rings is 1. The molecule has 0 unspecified atom stereocenters. The molecule has 0 saturated carbocycles. The molecule has 1 saturated heterocycles. The highest BCUT2D eigenvalue weighted by Crippen LogP contribution is 2.26. The smallest absolute Gasteiger partial charge is 0.261 e. The number of piperazine rings is 1. The van der Waals surface area contributed by atoms with Gasteiger partial charge in [-0.2, -0.15) is 0 Å². The SMILES string of the molecule is Cl.O=C(NCCN1CCNCC1)c1cc2c(s1)CCOC2. The summed E-state index contributed by atoms with van der Waals surface area (Å²) in [4.78, 5) is 16.6. The van der Waals surface area contributed by atoms with Gasteiger partial charge in [-0.3, -0.25) is 9.69 Å². The molecule has 0 bridgehead atoms. The molecular weight excluding hydrogens is 310 g/mol. The van der Waals surface area contributed by atoms with Gasteiger partial charge in [-0.25, -0.2) is 0 Å². The van der Waals surface area contributed by atoms with Crippen LogP contribution in [0.5, 0.6) is 0 Å². The molecule has 0 radical (unpaired) electrons. The molecule has 2 aliphatic heterocycles. The van der Waals surface area contributed by atoms with E-state index in [1.165, 1.54) is 10.4 Å². The Bertz CT molecular complexity index is 451. The number of rotatable bonds is 4. The molecule has 0 aromatic carbocycles. The summed E-state index contributed by atoms with van der Waals surface area (Å²) in [5, 5.41) is 6.35. The Hall–Kier alpha value is -0.660. The number of fused-ring (bicyclic) bond motifs is 1. The third kappa shape index (κ3) is 4.40. The van der Waals surface area contributed by atoms with E-state index in [0.29, 0.717) is 6.61 Å². The van der Waals surface area contributed by atoms with Crippen molar-refractivity contribution in [3.8, 4) is 0 Å². The molecule has 2 N–H and O–H groups in total. The summed E-state index contributed by atoms with van der Waals surface area (Å²) >= 11 is 1.61. The highest BCUT2D eigenvalue weighted by atomic mass is 35.5. The van der Waals surface area contributed by atoms with Crippen molar-refractivity contribution in [2.75, 3.05) is 45.9 Å². The summed E-state index contributed by atoms with van der Waals surface area (Å²) in [7, 11) is 0. The molecule has 0 aliphatic carbocycles. The van der Waals surface area contributed by atoms with Crippen LogP contribution in [0.25, 0.3) is 0 Å². The number of halogens is 1. The summed E-state index contributed by atoms with van der Waals surface area (Å²) in [5.74, 6) is 0.0551. The standard InChI is InChI=1S/C14H21N3O2S.ClH/c18-14(16-4-7-17-5-2-15-3-6-17)13-9-11-10-19-8-1-12(11)20-13;/h9,15H,1-8,10H2,(H,16,18);1H. The lowest BCUT2D eigenvalue weighted by molar-refractivity contribution is 0.0951. The van der Waals surface area contributed by atoms with Gasteiger partial charge in [0, 0.05) is 50.6 Å². The lowest BCUT2D eigenvalue weighted by Crippen LogP contribution is -2.46. The molecule has 1 aromatic rings. The Morgan fingerprint density at radius 3 is 3.00 bits per heavy atom. The molecule has 1 fully saturated rings. The summed E-state index contributed by atoms with van der Waals surface area (Å²) in [6.45, 7) is 7.31. The predicted octanol–water partition coefficient (Wildman–Crippen LogP) is 0.878. The normalized spacial score (nSPS) is 18.7. The largest absolute Gasteiger partial charge is 0.376 e. The molecule has 1 amide bonds. The van der Waals surface area contributed by atoms with Gasteiger partial charge >= 0.3 is 0 Å². The van der Waals surface area contributed by atoms with E-state index in [0.717, 1.165) is 57.2 Å². The molecule has 0 atom stereocenters. The zero-order chi connectivity index (χ0) is 13.8. The molecule has 7 heteroatoms. The Kier molecular flexibility index (Phi) is 6.44. The van der Waals surface area contributed by atoms with Crippen molar-refractivity contribution in [1.82, 2.24) is 15.5 Å². The lowest BCUT2D eigenvalue weighted by atomic mass is 10.2. The number of nitrogens with zero attached hydrogens (tertiary/aromatic N) is 1. The second-order valence-electron chi connectivity index (χ2n) is 5.21. The van der Waals surface area contributed by atoms with Crippen molar-refractivity contribution in [2.45, 2.75) is 13.0 Å². The highest BCUT2D eigenvalue weighted by Gasteiger charge is 2.17. The first-order valence-electron chi connectivity index (χ1n) is 7.23. The van der Waals surface area contributed by atoms with Crippen molar-refractivity contribution in [3.05, 3.63) is 21.4 Å². The van der Waals surface area contributed by atoms with Gasteiger partial charge in [-0.1, -0.05) is 0 Å². The number of carbonyl (C=O) groups excluding carboxylic acids is 1. The van der Waals surface area contributed by atoms with E-state index in [1.54, 1.807) is 11.3 Å². The van der Waals surface area contributed by atoms with Crippen LogP contribution >= 0.6 is 23.7 Å². The van der Waals surface area contributed by atoms with Gasteiger partial charge in [0.05, 0.1) is 18.1 Å². The predicted molar refractivity (Wildman–Crippen MR) is 86.6 cm³/mol. The van der Waals surface area contributed by atoms with E-state index in [9.17, 15) is 4.79 Å². The molecule has 118 valence electrons. The Morgan fingerprint density at radius 2 is 2.24 bits per heavy atom. The van der Waals surface area contributed by atoms with E-state index in [-0.39, 0.29) is 18.3 Å². The van der Waals surface area contributed by atoms with E-state index in [4.69, 9.17) is 4.74 Å². The molecular formula is C14H22ClN3O2S. The van der Waals surface area contributed by atoms with Gasteiger partial charge in [0.25, 0.3) is 5.91 Å². The van der Waals surface area contributed by atoms with Crippen molar-refractivity contribution in [3.63, 3.8) is 0 Å². The quantitative estimate of drug-likeness (QED) is 0.860. The maximum absolute atomic E-state index is 12.1. The van der Waals surface area contributed by atoms with Crippen LogP contribution in [0.4, 0.5) is 0 Å². The van der Waals surface area contributed by atoms with E-state index in [1.807, 2.05) is 6.07 Å². The van der Waals surface area contributed by atoms with Crippen LogP contribution in [0.3, 0.4) is 0 Å². The average molecular weight is 332 g/mol. The zero-order valence-corrected chi connectivity index (χ0v) is 13.7. The number of hydrogen-bond donors (Lipinski definition) is 2. The first-order valence-corrected chi connectivity index (χ1v) is 8.05. The van der Waals surface area contributed by atoms with Crippen molar-refractivity contribution >= 4 is 29.7 Å². The fourth-order valence-electron chi connectivity index (χ4n) is 2.61. The summed E-state index contributed by atoms with van der Waals surface area (Å²) in [6.07, 6.45) is 0.939. The van der Waals surface area contributed by atoms with E-state index in [2.05, 4.69) is 15.5 Å². The number of carbonyl (C=O) groups is 1. The first kappa shape index (κ1) is 16.7. The van der Waals surface area contributed by atoms with Gasteiger partial charge in [0.1, 0.15) is 0 Å². The molecule has 5 nitrogen and oxygen atoms in total. The third-order valence-electron chi connectivity index (χ3n) is 3.77. The maximum Gasteiger partial charge on any atom is 0.261 e. The van der Waals surface area contributed by atoms with Crippen molar-refractivity contribution < 1.29 is 9.53 Å². The fraction of sp³-hybridized carbons (Fsp3) is 0.643. The Balaban J connectivity index is 0.00000161. The summed E-state index contributed by atoms with van der Waals surface area (Å²) < 4.78 is 5.41. The second-order valence-corrected chi connectivity index (χ2v) is 6.35. The first-order chi connectivity index (χ1) is 9.83. The van der Waals surface area contributed by atoms with E-state index < -0.39 is 0 Å². The molecule has 0 spiro atoms. The highest BCUT2D eigenvalue weighted by molar-refractivity contribution is 7.14. The number of amides is 1. The number of ether oxygens (including phenoxy) is 1. The van der Waals surface area contributed by atoms with E-state index >= 15 is 0 Å². The average Bonchev–Trinajstić information content (AvgIpc) is 2.92. The topological polar surface area (TPSA) is 53.6 Å². The maximum atomic E-state index is 12.1. The van der Waals surface area contributed by atoms with Crippen molar-refractivity contribution in [2.24, 2.45) is 0 Å². The molecule has 3 heterocycles. The Labute approximate surface area is 135 Å². The minimum Gasteiger partial charge on any atom is -0.376 e. The van der Waals surface area contributed by atoms with Crippen LogP contribution in [0.2, 0.25) is 0 Å². The number of nitrogens with one attached hydrogen (secondary N) is 2. The minimum atomic E-state index is 0. The van der Waals surface area contributed by atoms with Crippen molar-refractivity contribution in [1.29, 1.82) is 0 Å². The van der Waals surface area contributed by atoms with Crippen LogP contribution < -0.4 is 10.6 Å². The van der Waals surface area contributed by atoms with Crippen LogP contribution in [0.1, 0.15) is 20.1 Å². The second kappa shape index (κ2) is 8.10. The van der Waals surface area contributed by atoms with Gasteiger partial charge in [-0.15, -0.1) is 23.7 Å². The third-order valence-corrected chi connectivity index (χ3v) is 5.01. The van der Waals surface area contributed by atoms with Crippen LogP contribution in [0.15, 0.2) is 6.07 Å². The van der Waals surface area contributed by atoms with Crippen LogP contribution in [-0.4, -0.2) is 56.7 Å². The molecule has 21 heavy (non-hydrogen) atoms. The number of hydrogen-bond acceptors (Lipinski definition) is 5. The molecule has 3 rings (SSSR count). The minimum absolute atomic E-state index is 0. The summed E-state index contributed by atoms with van der Waals surface area (Å²) in [5.41, 5.74) is 1.19. The van der Waals surface area contributed by atoms with Gasteiger partial charge in [0.2, 0.25) is 0 Å². The monoisotopic (exact) mass is 331 g/mol. The summed E-state index contributed by atoms with van der Waals surface area (Å²) in [6, 6.07) is 1.99.